The highest BCUT2D eigenvalue weighted by Crippen LogP contribution is 2.22. The third kappa shape index (κ3) is 7.03. The molecule has 0 unspecified atom stereocenters. The average Bonchev–Trinajstić information content (AvgIpc) is 2.43. The van der Waals surface area contributed by atoms with Crippen LogP contribution in [0.1, 0.15) is 53.0 Å². The van der Waals surface area contributed by atoms with E-state index < -0.39 is 32.1 Å². The lowest BCUT2D eigenvalue weighted by Crippen LogP contribution is -2.45. The Bertz CT molecular complexity index is 764. The molecule has 0 spiro atoms. The molecule has 0 fully saturated rings. The summed E-state index contributed by atoms with van der Waals surface area (Å²) in [5, 5.41) is 14.1. The van der Waals surface area contributed by atoms with E-state index in [1.807, 2.05) is 0 Å². The van der Waals surface area contributed by atoms with Gasteiger partial charge in [-0.3, -0.25) is 4.79 Å². The number of benzene rings is 1. The van der Waals surface area contributed by atoms with Crippen molar-refractivity contribution in [3.05, 3.63) is 29.8 Å². The zero-order chi connectivity index (χ0) is 20.2. The van der Waals surface area contributed by atoms with Crippen LogP contribution in [-0.4, -0.2) is 35.8 Å². The molecule has 8 heteroatoms. The second-order valence-electron chi connectivity index (χ2n) is 7.93. The largest absolute Gasteiger partial charge is 0.481 e. The summed E-state index contributed by atoms with van der Waals surface area (Å²) >= 11 is 0. The summed E-state index contributed by atoms with van der Waals surface area (Å²) in [4.78, 5) is 22.8. The second kappa shape index (κ2) is 8.07. The lowest BCUT2D eigenvalue weighted by molar-refractivity contribution is -0.137. The number of carbonyl (C=O) groups is 2. The summed E-state index contributed by atoms with van der Waals surface area (Å²) < 4.78 is 23.8. The van der Waals surface area contributed by atoms with Gasteiger partial charge < -0.3 is 15.7 Å². The molecular weight excluding hydrogens is 356 g/mol. The number of carboxylic acids is 1. The maximum absolute atomic E-state index is 12.3. The molecule has 2 amide bonds. The van der Waals surface area contributed by atoms with E-state index in [1.165, 1.54) is 0 Å². The molecule has 0 aromatic heterocycles. The van der Waals surface area contributed by atoms with Crippen molar-refractivity contribution in [1.82, 2.24) is 5.32 Å². The van der Waals surface area contributed by atoms with Gasteiger partial charge in [0.2, 0.25) is 0 Å². The zero-order valence-electron chi connectivity index (χ0n) is 15.9. The van der Waals surface area contributed by atoms with Gasteiger partial charge in [0, 0.05) is 17.6 Å². The van der Waals surface area contributed by atoms with Crippen LogP contribution in [0.3, 0.4) is 0 Å². The number of amides is 2. The molecule has 0 aliphatic rings. The topological polar surface area (TPSA) is 113 Å². The molecule has 1 rings (SSSR count). The number of hydrogen-bond donors (Lipinski definition) is 3. The Morgan fingerprint density at radius 2 is 1.73 bits per heavy atom. The number of sulfone groups is 1. The molecule has 1 aromatic rings. The lowest BCUT2D eigenvalue weighted by atomic mass is 9.99. The number of urea groups is 1. The van der Waals surface area contributed by atoms with E-state index in [9.17, 15) is 18.0 Å². The van der Waals surface area contributed by atoms with E-state index in [4.69, 9.17) is 5.11 Å². The molecular formula is C18H28N2O5S. The highest BCUT2D eigenvalue weighted by atomic mass is 32.2. The van der Waals surface area contributed by atoms with Crippen LogP contribution in [0.4, 0.5) is 10.5 Å². The van der Waals surface area contributed by atoms with E-state index in [-0.39, 0.29) is 12.2 Å². The van der Waals surface area contributed by atoms with Crippen LogP contribution >= 0.6 is 0 Å². The van der Waals surface area contributed by atoms with Crippen LogP contribution in [0.25, 0.3) is 0 Å². The Morgan fingerprint density at radius 3 is 2.27 bits per heavy atom. The zero-order valence-corrected chi connectivity index (χ0v) is 16.7. The Balaban J connectivity index is 2.77. The van der Waals surface area contributed by atoms with Crippen LogP contribution in [0.15, 0.2) is 24.3 Å². The van der Waals surface area contributed by atoms with E-state index >= 15 is 0 Å². The third-order valence-electron chi connectivity index (χ3n) is 3.89. The number of rotatable bonds is 7. The molecule has 0 aliphatic heterocycles. The predicted octanol–water partition coefficient (Wildman–Crippen LogP) is 3.16. The molecule has 3 N–H and O–H groups in total. The van der Waals surface area contributed by atoms with Gasteiger partial charge in [0.05, 0.1) is 10.5 Å². The van der Waals surface area contributed by atoms with Gasteiger partial charge in [0.1, 0.15) is 0 Å². The summed E-state index contributed by atoms with van der Waals surface area (Å²) in [6.45, 7) is 8.43. The molecule has 0 aliphatic carbocycles. The Morgan fingerprint density at radius 1 is 1.12 bits per heavy atom. The van der Waals surface area contributed by atoms with Crippen LogP contribution in [0, 0.1) is 0 Å². The highest BCUT2D eigenvalue weighted by Gasteiger charge is 2.29. The van der Waals surface area contributed by atoms with E-state index in [2.05, 4.69) is 10.6 Å². The molecule has 26 heavy (non-hydrogen) atoms. The summed E-state index contributed by atoms with van der Waals surface area (Å²) in [6.07, 6.45) is 0.243. The monoisotopic (exact) mass is 384 g/mol. The van der Waals surface area contributed by atoms with Crippen molar-refractivity contribution < 1.29 is 23.1 Å². The molecule has 1 aromatic carbocycles. The van der Waals surface area contributed by atoms with E-state index in [0.29, 0.717) is 17.7 Å². The smallest absolute Gasteiger partial charge is 0.319 e. The maximum Gasteiger partial charge on any atom is 0.319 e. The first kappa shape index (κ1) is 22.0. The van der Waals surface area contributed by atoms with Crippen molar-refractivity contribution in [3.8, 4) is 0 Å². The first-order valence-electron chi connectivity index (χ1n) is 8.34. The number of aliphatic carboxylic acids is 1. The molecule has 0 saturated carbocycles. The molecule has 0 bridgehead atoms. The third-order valence-corrected chi connectivity index (χ3v) is 6.47. The number of anilines is 1. The minimum absolute atomic E-state index is 0.0482. The molecule has 146 valence electrons. The fourth-order valence-electron chi connectivity index (χ4n) is 2.13. The Hall–Kier alpha value is -2.09. The molecule has 0 atom stereocenters. The Kier molecular flexibility index (Phi) is 6.82. The molecule has 7 nitrogen and oxygen atoms in total. The SMILES string of the molecule is CC(C)(CCC(=O)O)NC(=O)Nc1cccc(CS(=O)(=O)C(C)(C)C)c1. The maximum atomic E-state index is 12.3. The van der Waals surface area contributed by atoms with Gasteiger partial charge in [-0.05, 0) is 58.7 Å². The molecule has 0 saturated heterocycles. The normalized spacial score (nSPS) is 12.5. The number of nitrogens with one attached hydrogen (secondary N) is 2. The van der Waals surface area contributed by atoms with Crippen LogP contribution < -0.4 is 10.6 Å². The first-order valence-corrected chi connectivity index (χ1v) is 9.99. The van der Waals surface area contributed by atoms with Crippen molar-refractivity contribution in [2.75, 3.05) is 5.32 Å². The van der Waals surface area contributed by atoms with Crippen molar-refractivity contribution in [3.63, 3.8) is 0 Å². The minimum atomic E-state index is -3.32. The fraction of sp³-hybridized carbons (Fsp3) is 0.556. The average molecular weight is 384 g/mol. The van der Waals surface area contributed by atoms with Crippen molar-refractivity contribution in [2.45, 2.75) is 63.5 Å². The van der Waals surface area contributed by atoms with Crippen LogP contribution in [-0.2, 0) is 20.4 Å². The van der Waals surface area contributed by atoms with Gasteiger partial charge in [0.15, 0.2) is 9.84 Å². The van der Waals surface area contributed by atoms with Crippen molar-refractivity contribution >= 4 is 27.5 Å². The van der Waals surface area contributed by atoms with Gasteiger partial charge >= 0.3 is 12.0 Å². The van der Waals surface area contributed by atoms with Gasteiger partial charge in [-0.25, -0.2) is 13.2 Å². The highest BCUT2D eigenvalue weighted by molar-refractivity contribution is 7.91. The molecule has 0 radical (unpaired) electrons. The van der Waals surface area contributed by atoms with Crippen molar-refractivity contribution in [1.29, 1.82) is 0 Å². The quantitative estimate of drug-likeness (QED) is 0.668. The fourth-order valence-corrected chi connectivity index (χ4v) is 3.18. The predicted molar refractivity (Wildman–Crippen MR) is 102 cm³/mol. The molecule has 0 heterocycles. The van der Waals surface area contributed by atoms with Crippen molar-refractivity contribution in [2.24, 2.45) is 0 Å². The second-order valence-corrected chi connectivity index (χ2v) is 10.7. The van der Waals surface area contributed by atoms with Crippen LogP contribution in [0.2, 0.25) is 0 Å². The minimum Gasteiger partial charge on any atom is -0.481 e. The summed E-state index contributed by atoms with van der Waals surface area (Å²) in [5.74, 6) is -1.04. The first-order chi connectivity index (χ1) is 11.7. The van der Waals surface area contributed by atoms with Gasteiger partial charge in [-0.1, -0.05) is 12.1 Å². The van der Waals surface area contributed by atoms with Gasteiger partial charge in [0.25, 0.3) is 0 Å². The Labute approximate surface area is 155 Å². The standard InChI is InChI=1S/C18H28N2O5S/c1-17(2,3)26(24,25)12-13-7-6-8-14(11-13)19-16(23)20-18(4,5)10-9-15(21)22/h6-8,11H,9-10,12H2,1-5H3,(H,21,22)(H2,19,20,23). The van der Waals surface area contributed by atoms with Gasteiger partial charge in [-0.15, -0.1) is 0 Å². The number of carboxylic acid groups (broad SMARTS) is 1. The summed E-state index contributed by atoms with van der Waals surface area (Å²) in [6, 6.07) is 6.18. The van der Waals surface area contributed by atoms with E-state index in [0.717, 1.165) is 0 Å². The lowest BCUT2D eigenvalue weighted by Gasteiger charge is -2.25. The summed E-state index contributed by atoms with van der Waals surface area (Å²) in [7, 11) is -3.32. The van der Waals surface area contributed by atoms with Crippen LogP contribution in [0.5, 0.6) is 0 Å². The number of hydrogen-bond acceptors (Lipinski definition) is 4. The number of carbonyl (C=O) groups excluding carboxylic acids is 1. The van der Waals surface area contributed by atoms with E-state index in [1.54, 1.807) is 58.9 Å². The van der Waals surface area contributed by atoms with Gasteiger partial charge in [-0.2, -0.15) is 0 Å². The summed E-state index contributed by atoms with van der Waals surface area (Å²) in [5.41, 5.74) is 0.372.